The van der Waals surface area contributed by atoms with Crippen LogP contribution in [-0.2, 0) is 0 Å². The van der Waals surface area contributed by atoms with Gasteiger partial charge in [-0.1, -0.05) is 15.9 Å². The van der Waals surface area contributed by atoms with E-state index in [1.54, 1.807) is 19.2 Å². The SMILES string of the molecule is CN=C(NCCNC(=O)c1ccc(Br)cc1)N1CCSC(C)(C)C1. The summed E-state index contributed by atoms with van der Waals surface area (Å²) in [6.07, 6.45) is 0. The van der Waals surface area contributed by atoms with E-state index < -0.39 is 0 Å². The van der Waals surface area contributed by atoms with Gasteiger partial charge in [-0.3, -0.25) is 9.79 Å². The van der Waals surface area contributed by atoms with Gasteiger partial charge in [-0.2, -0.15) is 11.8 Å². The maximum Gasteiger partial charge on any atom is 0.251 e. The van der Waals surface area contributed by atoms with Crippen LogP contribution < -0.4 is 10.6 Å². The molecule has 0 radical (unpaired) electrons. The van der Waals surface area contributed by atoms with Gasteiger partial charge in [0.05, 0.1) is 0 Å². The maximum atomic E-state index is 12.1. The molecule has 0 spiro atoms. The molecule has 0 aliphatic carbocycles. The monoisotopic (exact) mass is 412 g/mol. The third-order valence-electron chi connectivity index (χ3n) is 3.74. The molecule has 7 heteroatoms. The van der Waals surface area contributed by atoms with E-state index in [0.717, 1.165) is 29.3 Å². The second kappa shape index (κ2) is 8.76. The van der Waals surface area contributed by atoms with Gasteiger partial charge in [-0.05, 0) is 38.1 Å². The molecule has 1 aliphatic heterocycles. The van der Waals surface area contributed by atoms with E-state index in [1.165, 1.54) is 0 Å². The summed E-state index contributed by atoms with van der Waals surface area (Å²) in [7, 11) is 1.80. The number of halogens is 1. The lowest BCUT2D eigenvalue weighted by Crippen LogP contribution is -2.51. The van der Waals surface area contributed by atoms with Crippen LogP contribution in [0.5, 0.6) is 0 Å². The molecule has 2 rings (SSSR count). The Morgan fingerprint density at radius 3 is 2.58 bits per heavy atom. The van der Waals surface area contributed by atoms with Gasteiger partial charge in [0.1, 0.15) is 0 Å². The van der Waals surface area contributed by atoms with Gasteiger partial charge in [-0.15, -0.1) is 0 Å². The number of nitrogens with one attached hydrogen (secondary N) is 2. The molecule has 0 aromatic heterocycles. The van der Waals surface area contributed by atoms with Crippen LogP contribution in [0.1, 0.15) is 24.2 Å². The number of amides is 1. The predicted molar refractivity (Wildman–Crippen MR) is 106 cm³/mol. The number of guanidine groups is 1. The molecule has 1 aromatic carbocycles. The molecule has 24 heavy (non-hydrogen) atoms. The average molecular weight is 413 g/mol. The van der Waals surface area contributed by atoms with E-state index >= 15 is 0 Å². The number of carbonyl (C=O) groups excluding carboxylic acids is 1. The fourth-order valence-electron chi connectivity index (χ4n) is 2.58. The van der Waals surface area contributed by atoms with Gasteiger partial charge in [0.15, 0.2) is 5.96 Å². The third-order valence-corrected chi connectivity index (χ3v) is 5.56. The first kappa shape index (κ1) is 19.1. The van der Waals surface area contributed by atoms with Crippen molar-refractivity contribution >= 4 is 39.6 Å². The number of hydrogen-bond acceptors (Lipinski definition) is 3. The number of hydrogen-bond donors (Lipinski definition) is 2. The Kier molecular flexibility index (Phi) is 6.98. The second-order valence-corrected chi connectivity index (χ2v) is 8.98. The molecule has 1 aliphatic rings. The van der Waals surface area contributed by atoms with Crippen LogP contribution in [-0.4, -0.2) is 60.5 Å². The van der Waals surface area contributed by atoms with E-state index in [4.69, 9.17) is 0 Å². The number of nitrogens with zero attached hydrogens (tertiary/aromatic N) is 2. The molecular weight excluding hydrogens is 388 g/mol. The van der Waals surface area contributed by atoms with Crippen molar-refractivity contribution in [3.63, 3.8) is 0 Å². The standard InChI is InChI=1S/C17H25BrN4OS/c1-17(2)12-22(10-11-24-17)16(19-3)21-9-8-20-15(23)13-4-6-14(18)7-5-13/h4-7H,8-12H2,1-3H3,(H,19,21)(H,20,23). The van der Waals surface area contributed by atoms with Crippen molar-refractivity contribution < 1.29 is 4.79 Å². The minimum absolute atomic E-state index is 0.0604. The van der Waals surface area contributed by atoms with Gasteiger partial charge < -0.3 is 15.5 Å². The molecule has 5 nitrogen and oxygen atoms in total. The highest BCUT2D eigenvalue weighted by atomic mass is 79.9. The minimum Gasteiger partial charge on any atom is -0.354 e. The van der Waals surface area contributed by atoms with Gasteiger partial charge in [0.25, 0.3) is 5.91 Å². The Balaban J connectivity index is 1.76. The fourth-order valence-corrected chi connectivity index (χ4v) is 3.96. The zero-order valence-electron chi connectivity index (χ0n) is 14.4. The summed E-state index contributed by atoms with van der Waals surface area (Å²) in [5, 5.41) is 6.26. The van der Waals surface area contributed by atoms with E-state index in [1.807, 2.05) is 23.9 Å². The summed E-state index contributed by atoms with van der Waals surface area (Å²) in [6, 6.07) is 7.34. The molecule has 0 bridgehead atoms. The Morgan fingerprint density at radius 2 is 1.96 bits per heavy atom. The first-order chi connectivity index (χ1) is 11.4. The Morgan fingerprint density at radius 1 is 1.29 bits per heavy atom. The van der Waals surface area contributed by atoms with Gasteiger partial charge in [-0.25, -0.2) is 0 Å². The van der Waals surface area contributed by atoms with Gasteiger partial charge in [0, 0.05) is 53.8 Å². The van der Waals surface area contributed by atoms with Crippen LogP contribution in [0.4, 0.5) is 0 Å². The molecule has 1 heterocycles. The summed E-state index contributed by atoms with van der Waals surface area (Å²) in [5.74, 6) is 1.95. The van der Waals surface area contributed by atoms with E-state index in [9.17, 15) is 4.79 Å². The number of benzene rings is 1. The molecule has 1 fully saturated rings. The number of thioether (sulfide) groups is 1. The Labute approximate surface area is 156 Å². The molecular formula is C17H25BrN4OS. The van der Waals surface area contributed by atoms with Gasteiger partial charge in [0.2, 0.25) is 0 Å². The summed E-state index contributed by atoms with van der Waals surface area (Å²) in [5.41, 5.74) is 0.664. The molecule has 0 atom stereocenters. The molecule has 0 unspecified atom stereocenters. The first-order valence-corrected chi connectivity index (χ1v) is 9.82. The highest BCUT2D eigenvalue weighted by Crippen LogP contribution is 2.29. The number of aliphatic imine (C=N–C) groups is 1. The molecule has 1 amide bonds. The zero-order valence-corrected chi connectivity index (χ0v) is 16.8. The number of carbonyl (C=O) groups is 1. The van der Waals surface area contributed by atoms with Crippen molar-refractivity contribution in [3.8, 4) is 0 Å². The average Bonchev–Trinajstić information content (AvgIpc) is 2.54. The predicted octanol–water partition coefficient (Wildman–Crippen LogP) is 2.58. The highest BCUT2D eigenvalue weighted by molar-refractivity contribution is 9.10. The van der Waals surface area contributed by atoms with Crippen LogP contribution in [0.25, 0.3) is 0 Å². The summed E-state index contributed by atoms with van der Waals surface area (Å²) in [4.78, 5) is 18.7. The van der Waals surface area contributed by atoms with Crippen molar-refractivity contribution in [3.05, 3.63) is 34.3 Å². The normalized spacial score (nSPS) is 17.5. The lowest BCUT2D eigenvalue weighted by atomic mass is 10.2. The smallest absolute Gasteiger partial charge is 0.251 e. The largest absolute Gasteiger partial charge is 0.354 e. The summed E-state index contributed by atoms with van der Waals surface area (Å²) < 4.78 is 1.21. The first-order valence-electron chi connectivity index (χ1n) is 8.04. The Hall–Kier alpha value is -1.21. The lowest BCUT2D eigenvalue weighted by Gasteiger charge is -2.39. The molecule has 1 saturated heterocycles. The highest BCUT2D eigenvalue weighted by Gasteiger charge is 2.28. The topological polar surface area (TPSA) is 56.7 Å². The molecule has 1 aromatic rings. The van der Waals surface area contributed by atoms with Crippen molar-refractivity contribution in [1.82, 2.24) is 15.5 Å². The Bertz CT molecular complexity index is 589. The quantitative estimate of drug-likeness (QED) is 0.453. The minimum atomic E-state index is -0.0604. The van der Waals surface area contributed by atoms with E-state index in [-0.39, 0.29) is 10.7 Å². The number of rotatable bonds is 4. The van der Waals surface area contributed by atoms with Crippen molar-refractivity contribution in [2.24, 2.45) is 4.99 Å². The van der Waals surface area contributed by atoms with Crippen LogP contribution in [0.2, 0.25) is 0 Å². The molecule has 132 valence electrons. The van der Waals surface area contributed by atoms with Crippen LogP contribution in [0.3, 0.4) is 0 Å². The zero-order chi connectivity index (χ0) is 17.6. The van der Waals surface area contributed by atoms with Gasteiger partial charge >= 0.3 is 0 Å². The van der Waals surface area contributed by atoms with Crippen molar-refractivity contribution in [2.75, 3.05) is 39.0 Å². The molecule has 2 N–H and O–H groups in total. The third kappa shape index (κ3) is 5.70. The molecule has 0 saturated carbocycles. The van der Waals surface area contributed by atoms with Crippen LogP contribution in [0.15, 0.2) is 33.7 Å². The summed E-state index contributed by atoms with van der Waals surface area (Å²) >= 11 is 5.37. The van der Waals surface area contributed by atoms with Crippen LogP contribution >= 0.6 is 27.7 Å². The maximum absolute atomic E-state index is 12.1. The van der Waals surface area contributed by atoms with E-state index in [2.05, 4.69) is 50.3 Å². The van der Waals surface area contributed by atoms with Crippen molar-refractivity contribution in [1.29, 1.82) is 0 Å². The van der Waals surface area contributed by atoms with E-state index in [0.29, 0.717) is 18.7 Å². The fraction of sp³-hybridized carbons (Fsp3) is 0.529. The van der Waals surface area contributed by atoms with Crippen LogP contribution in [0, 0.1) is 0 Å². The summed E-state index contributed by atoms with van der Waals surface area (Å²) in [6.45, 7) is 7.70. The lowest BCUT2D eigenvalue weighted by molar-refractivity contribution is 0.0954. The van der Waals surface area contributed by atoms with Crippen molar-refractivity contribution in [2.45, 2.75) is 18.6 Å². The second-order valence-electron chi connectivity index (χ2n) is 6.27.